The van der Waals surface area contributed by atoms with Gasteiger partial charge in [-0.15, -0.1) is 0 Å². The van der Waals surface area contributed by atoms with Gasteiger partial charge in [0.05, 0.1) is 22.9 Å². The molecule has 0 spiro atoms. The van der Waals surface area contributed by atoms with Crippen molar-refractivity contribution in [3.8, 4) is 0 Å². The zero-order valence-corrected chi connectivity index (χ0v) is 16.2. The number of para-hydroxylation sites is 1. The van der Waals surface area contributed by atoms with E-state index in [1.54, 1.807) is 0 Å². The molecule has 2 saturated heterocycles. The Labute approximate surface area is 160 Å². The van der Waals surface area contributed by atoms with Crippen LogP contribution < -0.4 is 10.2 Å². The maximum absolute atomic E-state index is 10.7. The molecule has 0 saturated carbocycles. The van der Waals surface area contributed by atoms with Crippen LogP contribution in [0.5, 0.6) is 0 Å². The molecule has 26 heavy (non-hydrogen) atoms. The van der Waals surface area contributed by atoms with Crippen LogP contribution >= 0.6 is 11.6 Å². The molecule has 7 heteroatoms. The maximum atomic E-state index is 10.7. The Hall–Kier alpha value is -1.50. The molecule has 6 nitrogen and oxygen atoms in total. The average molecular weight is 381 g/mol. The van der Waals surface area contributed by atoms with Crippen LogP contribution in [0.2, 0.25) is 5.02 Å². The first-order valence-corrected chi connectivity index (χ1v) is 9.82. The largest absolute Gasteiger partial charge is 0.388 e. The summed E-state index contributed by atoms with van der Waals surface area (Å²) in [7, 11) is 0. The van der Waals surface area contributed by atoms with Crippen LogP contribution in [-0.2, 0) is 4.74 Å². The molecule has 144 valence electrons. The van der Waals surface area contributed by atoms with E-state index < -0.39 is 5.60 Å². The lowest BCUT2D eigenvalue weighted by molar-refractivity contribution is -0.0566. The van der Waals surface area contributed by atoms with Crippen molar-refractivity contribution in [3.63, 3.8) is 0 Å². The van der Waals surface area contributed by atoms with E-state index in [0.29, 0.717) is 32.6 Å². The summed E-state index contributed by atoms with van der Waals surface area (Å²) in [4.78, 5) is 9.31. The van der Waals surface area contributed by atoms with Gasteiger partial charge in [0, 0.05) is 58.8 Å². The number of piperazine rings is 1. The van der Waals surface area contributed by atoms with Crippen LogP contribution in [0.25, 0.3) is 0 Å². The molecule has 2 aliphatic heterocycles. The molecular formula is C19H29ClN4O2. The molecule has 0 atom stereocenters. The first kappa shape index (κ1) is 19.3. The number of benzene rings is 1. The monoisotopic (exact) mass is 380 g/mol. The molecular weight excluding hydrogens is 352 g/mol. The Morgan fingerprint density at radius 2 is 1.92 bits per heavy atom. The number of guanidine groups is 1. The fourth-order valence-electron chi connectivity index (χ4n) is 3.42. The van der Waals surface area contributed by atoms with Gasteiger partial charge < -0.3 is 25.0 Å². The molecule has 0 unspecified atom stereocenters. The van der Waals surface area contributed by atoms with Gasteiger partial charge in [-0.05, 0) is 19.1 Å². The summed E-state index contributed by atoms with van der Waals surface area (Å²) in [6.07, 6.45) is 1.30. The highest BCUT2D eigenvalue weighted by Crippen LogP contribution is 2.26. The van der Waals surface area contributed by atoms with Crippen molar-refractivity contribution < 1.29 is 9.84 Å². The van der Waals surface area contributed by atoms with Gasteiger partial charge >= 0.3 is 0 Å². The van der Waals surface area contributed by atoms with E-state index in [1.165, 1.54) is 0 Å². The maximum Gasteiger partial charge on any atom is 0.194 e. The van der Waals surface area contributed by atoms with Gasteiger partial charge in [-0.2, -0.15) is 0 Å². The Morgan fingerprint density at radius 3 is 2.58 bits per heavy atom. The Kier molecular flexibility index (Phi) is 6.62. The summed E-state index contributed by atoms with van der Waals surface area (Å²) in [6, 6.07) is 7.98. The summed E-state index contributed by atoms with van der Waals surface area (Å²) >= 11 is 6.33. The van der Waals surface area contributed by atoms with E-state index in [2.05, 4.69) is 28.1 Å². The molecule has 1 aromatic carbocycles. The molecule has 2 fully saturated rings. The summed E-state index contributed by atoms with van der Waals surface area (Å²) < 4.78 is 5.35. The van der Waals surface area contributed by atoms with Crippen LogP contribution in [0, 0.1) is 0 Å². The zero-order chi connectivity index (χ0) is 18.4. The number of anilines is 1. The molecule has 0 amide bonds. The SMILES string of the molecule is CCNC(=NCC1(O)CCOCC1)N1CCN(c2ccccc2Cl)CC1. The number of ether oxygens (including phenoxy) is 1. The van der Waals surface area contributed by atoms with Crippen molar-refractivity contribution in [2.24, 2.45) is 4.99 Å². The van der Waals surface area contributed by atoms with Crippen molar-refractivity contribution >= 4 is 23.2 Å². The number of aliphatic hydroxyl groups is 1. The molecule has 1 aromatic rings. The van der Waals surface area contributed by atoms with Gasteiger partial charge in [0.1, 0.15) is 0 Å². The molecule has 2 aliphatic rings. The molecule has 0 bridgehead atoms. The first-order chi connectivity index (χ1) is 12.6. The fourth-order valence-corrected chi connectivity index (χ4v) is 3.68. The van der Waals surface area contributed by atoms with Gasteiger partial charge in [0.15, 0.2) is 5.96 Å². The molecule has 3 rings (SSSR count). The number of hydrogen-bond acceptors (Lipinski definition) is 4. The number of nitrogens with zero attached hydrogens (tertiary/aromatic N) is 3. The predicted molar refractivity (Wildman–Crippen MR) is 106 cm³/mol. The van der Waals surface area contributed by atoms with E-state index in [4.69, 9.17) is 21.3 Å². The summed E-state index contributed by atoms with van der Waals surface area (Å²) in [5.74, 6) is 0.881. The van der Waals surface area contributed by atoms with Crippen molar-refractivity contribution in [1.29, 1.82) is 0 Å². The highest BCUT2D eigenvalue weighted by molar-refractivity contribution is 6.33. The Bertz CT molecular complexity index is 611. The molecule has 0 aliphatic carbocycles. The van der Waals surface area contributed by atoms with Crippen LogP contribution in [0.3, 0.4) is 0 Å². The van der Waals surface area contributed by atoms with Gasteiger partial charge in [-0.3, -0.25) is 4.99 Å². The van der Waals surface area contributed by atoms with Crippen molar-refractivity contribution in [1.82, 2.24) is 10.2 Å². The van der Waals surface area contributed by atoms with E-state index in [-0.39, 0.29) is 0 Å². The van der Waals surface area contributed by atoms with Crippen molar-refractivity contribution in [2.75, 3.05) is 57.4 Å². The molecule has 2 heterocycles. The molecule has 0 radical (unpaired) electrons. The lowest BCUT2D eigenvalue weighted by Gasteiger charge is -2.38. The standard InChI is InChI=1S/C19H29ClN4O2/c1-2-21-18(22-15-19(25)7-13-26-14-8-19)24-11-9-23(10-12-24)17-6-4-3-5-16(17)20/h3-6,25H,2,7-15H2,1H3,(H,21,22). The predicted octanol–water partition coefficient (Wildman–Crippen LogP) is 1.97. The number of nitrogens with one attached hydrogen (secondary N) is 1. The quantitative estimate of drug-likeness (QED) is 0.617. The third-order valence-corrected chi connectivity index (χ3v) is 5.37. The number of hydrogen-bond donors (Lipinski definition) is 2. The number of rotatable bonds is 4. The Balaban J connectivity index is 1.61. The van der Waals surface area contributed by atoms with Crippen LogP contribution in [0.15, 0.2) is 29.3 Å². The second kappa shape index (κ2) is 8.93. The van der Waals surface area contributed by atoms with Crippen molar-refractivity contribution in [3.05, 3.63) is 29.3 Å². The minimum Gasteiger partial charge on any atom is -0.388 e. The summed E-state index contributed by atoms with van der Waals surface area (Å²) in [6.45, 7) is 8.06. The lowest BCUT2D eigenvalue weighted by Crippen LogP contribution is -2.53. The highest BCUT2D eigenvalue weighted by Gasteiger charge is 2.30. The minimum absolute atomic E-state index is 0.420. The first-order valence-electron chi connectivity index (χ1n) is 9.44. The fraction of sp³-hybridized carbons (Fsp3) is 0.632. The van der Waals surface area contributed by atoms with E-state index in [9.17, 15) is 5.11 Å². The average Bonchev–Trinajstić information content (AvgIpc) is 2.66. The second-order valence-corrected chi connectivity index (χ2v) is 7.34. The third-order valence-electron chi connectivity index (χ3n) is 5.05. The van der Waals surface area contributed by atoms with E-state index in [0.717, 1.165) is 49.4 Å². The van der Waals surface area contributed by atoms with E-state index in [1.807, 2.05) is 18.2 Å². The van der Waals surface area contributed by atoms with Crippen LogP contribution in [0.1, 0.15) is 19.8 Å². The Morgan fingerprint density at radius 1 is 1.23 bits per heavy atom. The highest BCUT2D eigenvalue weighted by atomic mass is 35.5. The topological polar surface area (TPSA) is 60.3 Å². The summed E-state index contributed by atoms with van der Waals surface area (Å²) in [5.41, 5.74) is 0.352. The third kappa shape index (κ3) is 4.81. The normalized spacial score (nSPS) is 21.0. The smallest absolute Gasteiger partial charge is 0.194 e. The number of aliphatic imine (C=N–C) groups is 1. The van der Waals surface area contributed by atoms with Gasteiger partial charge in [0.2, 0.25) is 0 Å². The van der Waals surface area contributed by atoms with Crippen molar-refractivity contribution in [2.45, 2.75) is 25.4 Å². The van der Waals surface area contributed by atoms with Crippen LogP contribution in [-0.4, -0.2) is 74.0 Å². The molecule has 2 N–H and O–H groups in total. The number of halogens is 1. The lowest BCUT2D eigenvalue weighted by atomic mass is 9.95. The van der Waals surface area contributed by atoms with Gasteiger partial charge in [0.25, 0.3) is 0 Å². The van der Waals surface area contributed by atoms with E-state index >= 15 is 0 Å². The zero-order valence-electron chi connectivity index (χ0n) is 15.5. The molecule has 0 aromatic heterocycles. The van der Waals surface area contributed by atoms with Crippen LogP contribution in [0.4, 0.5) is 5.69 Å². The van der Waals surface area contributed by atoms with Gasteiger partial charge in [-0.1, -0.05) is 23.7 Å². The summed E-state index contributed by atoms with van der Waals surface area (Å²) in [5, 5.41) is 14.8. The second-order valence-electron chi connectivity index (χ2n) is 6.93. The minimum atomic E-state index is -0.738. The van der Waals surface area contributed by atoms with Gasteiger partial charge in [-0.25, -0.2) is 0 Å².